The lowest BCUT2D eigenvalue weighted by molar-refractivity contribution is -0.131. The molecule has 2 aliphatic carbocycles. The smallest absolute Gasteiger partial charge is 0.244 e. The van der Waals surface area contributed by atoms with Crippen molar-refractivity contribution in [2.24, 2.45) is 11.8 Å². The van der Waals surface area contributed by atoms with Gasteiger partial charge in [-0.15, -0.1) is 0 Å². The van der Waals surface area contributed by atoms with Crippen molar-refractivity contribution < 1.29 is 4.79 Å². The van der Waals surface area contributed by atoms with Gasteiger partial charge in [-0.1, -0.05) is 33.1 Å². The highest BCUT2D eigenvalue weighted by Gasteiger charge is 2.58. The highest BCUT2D eigenvalue weighted by Crippen LogP contribution is 2.43. The average molecular weight is 264 g/mol. The van der Waals surface area contributed by atoms with Crippen molar-refractivity contribution in [1.29, 1.82) is 0 Å². The molecule has 3 unspecified atom stereocenters. The van der Waals surface area contributed by atoms with Crippen molar-refractivity contribution >= 4 is 5.91 Å². The number of carbonyl (C=O) groups excluding carboxylic acids is 1. The van der Waals surface area contributed by atoms with Gasteiger partial charge in [0.05, 0.1) is 11.7 Å². The first-order valence-electron chi connectivity index (χ1n) is 8.23. The fraction of sp³-hybridized carbons (Fsp3) is 0.938. The minimum Gasteiger partial charge on any atom is -0.326 e. The molecular weight excluding hydrogens is 236 g/mol. The maximum absolute atomic E-state index is 12.5. The van der Waals surface area contributed by atoms with Crippen LogP contribution in [0.15, 0.2) is 0 Å². The number of hydrogen-bond donors (Lipinski definition) is 1. The summed E-state index contributed by atoms with van der Waals surface area (Å²) < 4.78 is 0. The van der Waals surface area contributed by atoms with Crippen LogP contribution in [0.25, 0.3) is 0 Å². The highest BCUT2D eigenvalue weighted by atomic mass is 16.2. The molecule has 1 amide bonds. The fourth-order valence-electron chi connectivity index (χ4n) is 4.08. The summed E-state index contributed by atoms with van der Waals surface area (Å²) in [5, 5.41) is 3.56. The number of nitrogens with one attached hydrogen (secondary N) is 1. The molecular formula is C16H28N2O. The molecule has 19 heavy (non-hydrogen) atoms. The Morgan fingerprint density at radius 3 is 2.79 bits per heavy atom. The molecule has 0 aromatic heterocycles. The lowest BCUT2D eigenvalue weighted by Crippen LogP contribution is -2.38. The van der Waals surface area contributed by atoms with E-state index in [4.69, 9.17) is 0 Å². The molecule has 3 aliphatic rings. The number of hydrogen-bond acceptors (Lipinski definition) is 2. The van der Waals surface area contributed by atoms with Crippen molar-refractivity contribution in [3.8, 4) is 0 Å². The lowest BCUT2D eigenvalue weighted by Gasteiger charge is -2.30. The molecule has 108 valence electrons. The van der Waals surface area contributed by atoms with Crippen molar-refractivity contribution in [2.75, 3.05) is 6.54 Å². The largest absolute Gasteiger partial charge is 0.326 e. The predicted octanol–water partition coefficient (Wildman–Crippen LogP) is 2.90. The van der Waals surface area contributed by atoms with E-state index < -0.39 is 0 Å². The zero-order valence-corrected chi connectivity index (χ0v) is 12.5. The van der Waals surface area contributed by atoms with E-state index in [0.29, 0.717) is 12.1 Å². The van der Waals surface area contributed by atoms with Gasteiger partial charge in [-0.25, -0.2) is 0 Å². The molecule has 3 fully saturated rings. The Morgan fingerprint density at radius 2 is 2.16 bits per heavy atom. The summed E-state index contributed by atoms with van der Waals surface area (Å²) in [7, 11) is 0. The number of nitrogens with zero attached hydrogens (tertiary/aromatic N) is 1. The fourth-order valence-corrected chi connectivity index (χ4v) is 4.08. The first kappa shape index (κ1) is 13.4. The Labute approximate surface area is 117 Å². The van der Waals surface area contributed by atoms with E-state index in [0.717, 1.165) is 37.6 Å². The number of rotatable bonds is 4. The van der Waals surface area contributed by atoms with E-state index in [1.807, 2.05) is 0 Å². The minimum absolute atomic E-state index is 0.124. The van der Waals surface area contributed by atoms with E-state index in [9.17, 15) is 4.79 Å². The predicted molar refractivity (Wildman–Crippen MR) is 76.6 cm³/mol. The summed E-state index contributed by atoms with van der Waals surface area (Å²) in [6.07, 6.45) is 10.2. The highest BCUT2D eigenvalue weighted by molar-refractivity contribution is 5.91. The summed E-state index contributed by atoms with van der Waals surface area (Å²) in [5.74, 6) is 2.14. The number of amides is 1. The van der Waals surface area contributed by atoms with Crippen LogP contribution in [0.1, 0.15) is 65.2 Å². The van der Waals surface area contributed by atoms with Gasteiger partial charge in [-0.05, 0) is 43.9 Å². The van der Waals surface area contributed by atoms with Crippen LogP contribution < -0.4 is 5.32 Å². The van der Waals surface area contributed by atoms with Crippen LogP contribution >= 0.6 is 0 Å². The van der Waals surface area contributed by atoms with Crippen LogP contribution in [0.4, 0.5) is 0 Å². The van der Waals surface area contributed by atoms with E-state index >= 15 is 0 Å². The molecule has 1 saturated heterocycles. The van der Waals surface area contributed by atoms with Gasteiger partial charge in [0.2, 0.25) is 5.91 Å². The first-order chi connectivity index (χ1) is 9.14. The third-order valence-corrected chi connectivity index (χ3v) is 5.45. The van der Waals surface area contributed by atoms with Gasteiger partial charge in [0.1, 0.15) is 0 Å². The molecule has 0 aromatic carbocycles. The van der Waals surface area contributed by atoms with Crippen molar-refractivity contribution in [3.05, 3.63) is 0 Å². The molecule has 1 aliphatic heterocycles. The molecule has 3 atom stereocenters. The lowest BCUT2D eigenvalue weighted by atomic mass is 9.81. The van der Waals surface area contributed by atoms with E-state index in [1.54, 1.807) is 0 Å². The van der Waals surface area contributed by atoms with Crippen molar-refractivity contribution in [1.82, 2.24) is 10.2 Å². The molecule has 1 spiro atoms. The summed E-state index contributed by atoms with van der Waals surface area (Å²) in [4.78, 5) is 14.6. The van der Waals surface area contributed by atoms with Gasteiger partial charge < -0.3 is 4.90 Å². The molecule has 3 nitrogen and oxygen atoms in total. The summed E-state index contributed by atoms with van der Waals surface area (Å²) in [6, 6.07) is 0. The quantitative estimate of drug-likeness (QED) is 0.847. The third kappa shape index (κ3) is 2.54. The molecule has 1 N–H and O–H groups in total. The van der Waals surface area contributed by atoms with Crippen molar-refractivity contribution in [2.45, 2.75) is 76.9 Å². The van der Waals surface area contributed by atoms with E-state index in [1.165, 1.54) is 32.1 Å². The van der Waals surface area contributed by atoms with Gasteiger partial charge in [0.15, 0.2) is 0 Å². The van der Waals surface area contributed by atoms with Gasteiger partial charge in [0.25, 0.3) is 0 Å². The van der Waals surface area contributed by atoms with Crippen LogP contribution in [-0.4, -0.2) is 29.1 Å². The number of carbonyl (C=O) groups is 1. The zero-order chi connectivity index (χ0) is 13.5. The van der Waals surface area contributed by atoms with Gasteiger partial charge in [-0.3, -0.25) is 10.1 Å². The first-order valence-corrected chi connectivity index (χ1v) is 8.23. The van der Waals surface area contributed by atoms with Gasteiger partial charge in [0, 0.05) is 6.54 Å². The van der Waals surface area contributed by atoms with E-state index in [2.05, 4.69) is 24.1 Å². The van der Waals surface area contributed by atoms with Crippen LogP contribution in [0.2, 0.25) is 0 Å². The second-order valence-corrected chi connectivity index (χ2v) is 7.08. The van der Waals surface area contributed by atoms with Crippen LogP contribution in [-0.2, 0) is 4.79 Å². The van der Waals surface area contributed by atoms with Crippen LogP contribution in [0.3, 0.4) is 0 Å². The molecule has 0 aromatic rings. The maximum Gasteiger partial charge on any atom is 0.244 e. The minimum atomic E-state index is -0.124. The summed E-state index contributed by atoms with van der Waals surface area (Å²) in [5.41, 5.74) is -0.124. The summed E-state index contributed by atoms with van der Waals surface area (Å²) >= 11 is 0. The molecule has 2 saturated carbocycles. The standard InChI is InChI=1S/C16H28N2O/c1-3-14-17-16(8-9-16)15(19)18(14)10-7-13-6-4-5-12(2)11-13/h12-14,17H,3-11H2,1-2H3. The molecule has 1 heterocycles. The molecule has 3 heteroatoms. The van der Waals surface area contributed by atoms with Crippen LogP contribution in [0.5, 0.6) is 0 Å². The Balaban J connectivity index is 1.55. The Kier molecular flexibility index (Phi) is 3.59. The Hall–Kier alpha value is -0.570. The summed E-state index contributed by atoms with van der Waals surface area (Å²) in [6.45, 7) is 5.54. The van der Waals surface area contributed by atoms with Crippen LogP contribution in [0, 0.1) is 11.8 Å². The zero-order valence-electron chi connectivity index (χ0n) is 12.5. The van der Waals surface area contributed by atoms with Gasteiger partial charge >= 0.3 is 0 Å². The molecule has 0 bridgehead atoms. The van der Waals surface area contributed by atoms with Crippen molar-refractivity contribution in [3.63, 3.8) is 0 Å². The normalized spacial score (nSPS) is 37.1. The Bertz CT molecular complexity index is 351. The molecule has 0 radical (unpaired) electrons. The Morgan fingerprint density at radius 1 is 1.37 bits per heavy atom. The monoisotopic (exact) mass is 264 g/mol. The second kappa shape index (κ2) is 5.08. The van der Waals surface area contributed by atoms with Gasteiger partial charge in [-0.2, -0.15) is 0 Å². The maximum atomic E-state index is 12.5. The SMILES string of the molecule is CCC1NC2(CC2)C(=O)N1CCC1CCCC(C)C1. The average Bonchev–Trinajstić information content (AvgIpc) is 3.12. The van der Waals surface area contributed by atoms with E-state index in [-0.39, 0.29) is 5.54 Å². The molecule has 3 rings (SSSR count). The topological polar surface area (TPSA) is 32.3 Å². The second-order valence-electron chi connectivity index (χ2n) is 7.08. The third-order valence-electron chi connectivity index (χ3n) is 5.45.